The molecule has 1 heterocycles. The maximum atomic E-state index is 13.2. The molecule has 0 bridgehead atoms. The Labute approximate surface area is 151 Å². The number of methoxy groups -OCH3 is 1. The minimum atomic E-state index is -0.933. The van der Waals surface area contributed by atoms with Crippen molar-refractivity contribution in [1.29, 1.82) is 0 Å². The Kier molecular flexibility index (Phi) is 5.78. The molecule has 0 saturated carbocycles. The predicted molar refractivity (Wildman–Crippen MR) is 97.2 cm³/mol. The minimum Gasteiger partial charge on any atom is -0.496 e. The third-order valence-corrected chi connectivity index (χ3v) is 4.53. The topological polar surface area (TPSA) is 29.5 Å². The largest absolute Gasteiger partial charge is 0.496 e. The van der Waals surface area contributed by atoms with Gasteiger partial charge in [-0.3, -0.25) is 9.69 Å². The molecule has 3 rings (SSSR count). The van der Waals surface area contributed by atoms with Gasteiger partial charge in [-0.2, -0.15) is 0 Å². The van der Waals surface area contributed by atoms with E-state index in [1.807, 2.05) is 6.07 Å². The van der Waals surface area contributed by atoms with Crippen LogP contribution in [-0.2, 0) is 6.54 Å². The SMILES string of the molecule is COc1ccc(C(=O)/C=C/c2ccc(F)c(F)c2)cc1CN1CCCC1. The third-order valence-electron chi connectivity index (χ3n) is 4.53. The number of ether oxygens (including phenoxy) is 1. The molecule has 0 amide bonds. The van der Waals surface area contributed by atoms with Gasteiger partial charge in [-0.15, -0.1) is 0 Å². The number of likely N-dealkylation sites (tertiary alicyclic amines) is 1. The van der Waals surface area contributed by atoms with E-state index in [4.69, 9.17) is 4.74 Å². The van der Waals surface area contributed by atoms with Gasteiger partial charge in [0.15, 0.2) is 17.4 Å². The molecule has 5 heteroatoms. The number of hydrogen-bond acceptors (Lipinski definition) is 3. The van der Waals surface area contributed by atoms with Crippen LogP contribution >= 0.6 is 0 Å². The molecule has 1 saturated heterocycles. The predicted octanol–water partition coefficient (Wildman–Crippen LogP) is 4.47. The molecule has 26 heavy (non-hydrogen) atoms. The van der Waals surface area contributed by atoms with E-state index in [2.05, 4.69) is 4.90 Å². The van der Waals surface area contributed by atoms with Gasteiger partial charge in [0.05, 0.1) is 7.11 Å². The van der Waals surface area contributed by atoms with Crippen LogP contribution in [0.1, 0.15) is 34.3 Å². The number of benzene rings is 2. The zero-order valence-corrected chi connectivity index (χ0v) is 14.7. The van der Waals surface area contributed by atoms with E-state index in [1.54, 1.807) is 19.2 Å². The Hall–Kier alpha value is -2.53. The zero-order chi connectivity index (χ0) is 18.5. The molecule has 1 fully saturated rings. The second-order valence-electron chi connectivity index (χ2n) is 6.38. The monoisotopic (exact) mass is 357 g/mol. The van der Waals surface area contributed by atoms with E-state index >= 15 is 0 Å². The van der Waals surface area contributed by atoms with Gasteiger partial charge in [0.2, 0.25) is 0 Å². The summed E-state index contributed by atoms with van der Waals surface area (Å²) >= 11 is 0. The highest BCUT2D eigenvalue weighted by molar-refractivity contribution is 6.07. The third kappa shape index (κ3) is 4.35. The van der Waals surface area contributed by atoms with Gasteiger partial charge in [0, 0.05) is 17.7 Å². The summed E-state index contributed by atoms with van der Waals surface area (Å²) in [5.41, 5.74) is 1.95. The number of halogens is 2. The first-order valence-corrected chi connectivity index (χ1v) is 8.63. The molecule has 1 aliphatic heterocycles. The minimum absolute atomic E-state index is 0.194. The summed E-state index contributed by atoms with van der Waals surface area (Å²) in [6.45, 7) is 2.85. The zero-order valence-electron chi connectivity index (χ0n) is 14.7. The lowest BCUT2D eigenvalue weighted by molar-refractivity contribution is 0.104. The van der Waals surface area contributed by atoms with Crippen molar-refractivity contribution in [1.82, 2.24) is 4.90 Å². The highest BCUT2D eigenvalue weighted by Gasteiger charge is 2.15. The molecule has 0 radical (unpaired) electrons. The Morgan fingerprint density at radius 1 is 1.12 bits per heavy atom. The lowest BCUT2D eigenvalue weighted by atomic mass is 10.0. The highest BCUT2D eigenvalue weighted by atomic mass is 19.2. The number of ketones is 1. The van der Waals surface area contributed by atoms with Crippen LogP contribution in [0.2, 0.25) is 0 Å². The summed E-state index contributed by atoms with van der Waals surface area (Å²) in [5.74, 6) is -1.27. The average molecular weight is 357 g/mol. The van der Waals surface area contributed by atoms with E-state index in [1.165, 1.54) is 31.1 Å². The molecule has 136 valence electrons. The fourth-order valence-corrected chi connectivity index (χ4v) is 3.12. The Morgan fingerprint density at radius 2 is 1.88 bits per heavy atom. The van der Waals surface area contributed by atoms with Crippen LogP contribution in [0.5, 0.6) is 5.75 Å². The van der Waals surface area contributed by atoms with Gasteiger partial charge in [-0.05, 0) is 67.9 Å². The normalized spacial score (nSPS) is 14.9. The van der Waals surface area contributed by atoms with Crippen molar-refractivity contribution in [3.05, 3.63) is 70.8 Å². The van der Waals surface area contributed by atoms with Crippen molar-refractivity contribution >= 4 is 11.9 Å². The lowest BCUT2D eigenvalue weighted by Gasteiger charge is -2.17. The Balaban J connectivity index is 1.77. The molecular weight excluding hydrogens is 336 g/mol. The van der Waals surface area contributed by atoms with Crippen molar-refractivity contribution in [2.75, 3.05) is 20.2 Å². The first-order chi connectivity index (χ1) is 12.6. The smallest absolute Gasteiger partial charge is 0.185 e. The second-order valence-corrected chi connectivity index (χ2v) is 6.38. The van der Waals surface area contributed by atoms with Crippen LogP contribution < -0.4 is 4.74 Å². The van der Waals surface area contributed by atoms with E-state index in [9.17, 15) is 13.6 Å². The van der Waals surface area contributed by atoms with Crippen molar-refractivity contribution < 1.29 is 18.3 Å². The fourth-order valence-electron chi connectivity index (χ4n) is 3.12. The van der Waals surface area contributed by atoms with Gasteiger partial charge >= 0.3 is 0 Å². The van der Waals surface area contributed by atoms with E-state index in [0.717, 1.165) is 43.1 Å². The summed E-state index contributed by atoms with van der Waals surface area (Å²) in [6.07, 6.45) is 5.24. The molecule has 0 spiro atoms. The van der Waals surface area contributed by atoms with Gasteiger partial charge in [-0.25, -0.2) is 8.78 Å². The van der Waals surface area contributed by atoms with Crippen LogP contribution in [0.3, 0.4) is 0 Å². The Bertz CT molecular complexity index is 827. The molecule has 0 atom stereocenters. The van der Waals surface area contributed by atoms with Crippen LogP contribution in [0.4, 0.5) is 8.78 Å². The molecule has 1 aliphatic rings. The Morgan fingerprint density at radius 3 is 2.58 bits per heavy atom. The highest BCUT2D eigenvalue weighted by Crippen LogP contribution is 2.24. The van der Waals surface area contributed by atoms with Crippen molar-refractivity contribution in [2.45, 2.75) is 19.4 Å². The molecular formula is C21H21F2NO2. The van der Waals surface area contributed by atoms with Crippen molar-refractivity contribution in [3.63, 3.8) is 0 Å². The van der Waals surface area contributed by atoms with Crippen molar-refractivity contribution in [3.8, 4) is 5.75 Å². The number of rotatable bonds is 6. The molecule has 3 nitrogen and oxygen atoms in total. The lowest BCUT2D eigenvalue weighted by Crippen LogP contribution is -2.19. The molecule has 2 aromatic rings. The van der Waals surface area contributed by atoms with Crippen LogP contribution in [0, 0.1) is 11.6 Å². The summed E-state index contributed by atoms with van der Waals surface area (Å²) in [5, 5.41) is 0. The fraction of sp³-hybridized carbons (Fsp3) is 0.286. The molecule has 0 aromatic heterocycles. The average Bonchev–Trinajstić information content (AvgIpc) is 3.15. The number of nitrogens with zero attached hydrogens (tertiary/aromatic N) is 1. The summed E-state index contributed by atoms with van der Waals surface area (Å²) in [6, 6.07) is 8.88. The molecule has 0 N–H and O–H groups in total. The molecule has 0 unspecified atom stereocenters. The number of carbonyl (C=O) groups is 1. The summed E-state index contributed by atoms with van der Waals surface area (Å²) < 4.78 is 31.6. The van der Waals surface area contributed by atoms with E-state index in [0.29, 0.717) is 11.1 Å². The van der Waals surface area contributed by atoms with Gasteiger partial charge < -0.3 is 4.74 Å². The van der Waals surface area contributed by atoms with Crippen LogP contribution in [0.15, 0.2) is 42.5 Å². The second kappa shape index (κ2) is 8.23. The van der Waals surface area contributed by atoms with E-state index in [-0.39, 0.29) is 5.78 Å². The van der Waals surface area contributed by atoms with E-state index < -0.39 is 11.6 Å². The van der Waals surface area contributed by atoms with Gasteiger partial charge in [0.1, 0.15) is 5.75 Å². The summed E-state index contributed by atoms with van der Waals surface area (Å²) in [4.78, 5) is 14.8. The molecule has 2 aromatic carbocycles. The number of allylic oxidation sites excluding steroid dienone is 1. The maximum Gasteiger partial charge on any atom is 0.185 e. The first-order valence-electron chi connectivity index (χ1n) is 8.63. The summed E-state index contributed by atoms with van der Waals surface area (Å²) in [7, 11) is 1.62. The van der Waals surface area contributed by atoms with Gasteiger partial charge in [0.25, 0.3) is 0 Å². The van der Waals surface area contributed by atoms with Crippen molar-refractivity contribution in [2.24, 2.45) is 0 Å². The molecule has 0 aliphatic carbocycles. The van der Waals surface area contributed by atoms with Crippen LogP contribution in [-0.4, -0.2) is 30.9 Å². The first kappa shape index (κ1) is 18.3. The van der Waals surface area contributed by atoms with Gasteiger partial charge in [-0.1, -0.05) is 12.1 Å². The maximum absolute atomic E-state index is 13.2. The number of hydrogen-bond donors (Lipinski definition) is 0. The number of carbonyl (C=O) groups excluding carboxylic acids is 1. The quantitative estimate of drug-likeness (QED) is 0.564. The van der Waals surface area contributed by atoms with Crippen LogP contribution in [0.25, 0.3) is 6.08 Å². The standard InChI is InChI=1S/C21H21F2NO2/c1-26-21-9-6-16(13-17(21)14-24-10-2-3-11-24)20(25)8-5-15-4-7-18(22)19(23)12-15/h4-9,12-13H,2-3,10-11,14H2,1H3/b8-5+.